The molecule has 2 nitrogen and oxygen atoms in total. The Morgan fingerprint density at radius 2 is 2.50 bits per heavy atom. The molecule has 1 rings (SSSR count). The lowest BCUT2D eigenvalue weighted by molar-refractivity contribution is 0.0336. The molecule has 1 aliphatic rings. The van der Waals surface area contributed by atoms with Gasteiger partial charge in [-0.15, -0.1) is 0 Å². The predicted molar refractivity (Wildman–Crippen MR) is 51.0 cm³/mol. The largest absolute Gasteiger partial charge is 0.378 e. The first kappa shape index (κ1) is 9.75. The standard InChI is InChI=1S/C10H19NO/c1-2-10-8-9(4-3-6-11)5-7-12-10/h4,10H,2-3,5-8,11H2,1H3. The van der Waals surface area contributed by atoms with Crippen LogP contribution in [0.25, 0.3) is 0 Å². The molecule has 1 heterocycles. The van der Waals surface area contributed by atoms with Crippen molar-refractivity contribution in [3.8, 4) is 0 Å². The highest BCUT2D eigenvalue weighted by Gasteiger charge is 2.14. The molecule has 1 saturated heterocycles. The van der Waals surface area contributed by atoms with Gasteiger partial charge in [0.1, 0.15) is 0 Å². The Hall–Kier alpha value is -0.340. The van der Waals surface area contributed by atoms with E-state index in [-0.39, 0.29) is 0 Å². The van der Waals surface area contributed by atoms with Crippen molar-refractivity contribution in [3.05, 3.63) is 11.6 Å². The maximum Gasteiger partial charge on any atom is 0.0609 e. The third-order valence-electron chi connectivity index (χ3n) is 2.32. The van der Waals surface area contributed by atoms with E-state index in [1.54, 1.807) is 5.57 Å². The van der Waals surface area contributed by atoms with Crippen molar-refractivity contribution in [1.29, 1.82) is 0 Å². The third kappa shape index (κ3) is 2.95. The molecule has 70 valence electrons. The maximum atomic E-state index is 5.57. The van der Waals surface area contributed by atoms with E-state index in [9.17, 15) is 0 Å². The zero-order valence-electron chi connectivity index (χ0n) is 7.88. The molecule has 2 heteroatoms. The van der Waals surface area contributed by atoms with Crippen LogP contribution in [0.2, 0.25) is 0 Å². The Morgan fingerprint density at radius 3 is 3.17 bits per heavy atom. The molecule has 1 aliphatic heterocycles. The summed E-state index contributed by atoms with van der Waals surface area (Å²) >= 11 is 0. The molecule has 12 heavy (non-hydrogen) atoms. The monoisotopic (exact) mass is 169 g/mol. The average Bonchev–Trinajstić information content (AvgIpc) is 2.15. The predicted octanol–water partition coefficient (Wildman–Crippen LogP) is 1.85. The van der Waals surface area contributed by atoms with E-state index in [0.29, 0.717) is 6.10 Å². The summed E-state index contributed by atoms with van der Waals surface area (Å²) in [6, 6.07) is 0. The Bertz CT molecular complexity index is 154. The fourth-order valence-corrected chi connectivity index (χ4v) is 1.55. The van der Waals surface area contributed by atoms with Gasteiger partial charge in [-0.25, -0.2) is 0 Å². The van der Waals surface area contributed by atoms with Crippen LogP contribution in [0.4, 0.5) is 0 Å². The molecule has 0 radical (unpaired) electrons. The lowest BCUT2D eigenvalue weighted by atomic mass is 10.00. The second-order valence-corrected chi connectivity index (χ2v) is 3.29. The molecule has 0 bridgehead atoms. The van der Waals surface area contributed by atoms with Crippen molar-refractivity contribution in [3.63, 3.8) is 0 Å². The average molecular weight is 169 g/mol. The molecule has 0 saturated carbocycles. The van der Waals surface area contributed by atoms with Gasteiger partial charge in [-0.05, 0) is 32.2 Å². The first-order chi connectivity index (χ1) is 5.86. The van der Waals surface area contributed by atoms with E-state index in [0.717, 1.165) is 38.8 Å². The van der Waals surface area contributed by atoms with E-state index in [4.69, 9.17) is 10.5 Å². The molecule has 1 unspecified atom stereocenters. The molecule has 0 aromatic carbocycles. The molecule has 1 fully saturated rings. The third-order valence-corrected chi connectivity index (χ3v) is 2.32. The van der Waals surface area contributed by atoms with Crippen LogP contribution in [-0.2, 0) is 4.74 Å². The normalized spacial score (nSPS) is 27.8. The van der Waals surface area contributed by atoms with Crippen molar-refractivity contribution in [1.82, 2.24) is 0 Å². The molecule has 0 aromatic rings. The van der Waals surface area contributed by atoms with Crippen molar-refractivity contribution in [2.24, 2.45) is 5.73 Å². The molecule has 0 aromatic heterocycles. The van der Waals surface area contributed by atoms with Crippen LogP contribution in [0, 0.1) is 0 Å². The molecule has 0 spiro atoms. The van der Waals surface area contributed by atoms with E-state index >= 15 is 0 Å². The van der Waals surface area contributed by atoms with Gasteiger partial charge in [0.05, 0.1) is 12.7 Å². The summed E-state index contributed by atoms with van der Waals surface area (Å²) in [6.07, 6.45) is 7.12. The lowest BCUT2D eigenvalue weighted by Crippen LogP contribution is -2.19. The maximum absolute atomic E-state index is 5.57. The zero-order valence-corrected chi connectivity index (χ0v) is 7.88. The van der Waals surface area contributed by atoms with Gasteiger partial charge < -0.3 is 10.5 Å². The summed E-state index contributed by atoms with van der Waals surface area (Å²) in [4.78, 5) is 0. The first-order valence-corrected chi connectivity index (χ1v) is 4.86. The van der Waals surface area contributed by atoms with Gasteiger partial charge in [-0.3, -0.25) is 0 Å². The zero-order chi connectivity index (χ0) is 8.81. The highest BCUT2D eigenvalue weighted by molar-refractivity contribution is 5.05. The topological polar surface area (TPSA) is 35.2 Å². The highest BCUT2D eigenvalue weighted by Crippen LogP contribution is 2.21. The summed E-state index contributed by atoms with van der Waals surface area (Å²) in [7, 11) is 0. The van der Waals surface area contributed by atoms with E-state index in [1.807, 2.05) is 0 Å². The fraction of sp³-hybridized carbons (Fsp3) is 0.800. The summed E-state index contributed by atoms with van der Waals surface area (Å²) in [6.45, 7) is 3.84. The summed E-state index contributed by atoms with van der Waals surface area (Å²) in [5, 5.41) is 0. The van der Waals surface area contributed by atoms with E-state index in [1.165, 1.54) is 0 Å². The summed E-state index contributed by atoms with van der Waals surface area (Å²) < 4.78 is 5.57. The number of hydrogen-bond donors (Lipinski definition) is 1. The van der Waals surface area contributed by atoms with Gasteiger partial charge in [-0.2, -0.15) is 0 Å². The van der Waals surface area contributed by atoms with Gasteiger partial charge in [0.2, 0.25) is 0 Å². The SMILES string of the molecule is CCC1CC(=CCCN)CCO1. The van der Waals surface area contributed by atoms with Gasteiger partial charge >= 0.3 is 0 Å². The van der Waals surface area contributed by atoms with Crippen LogP contribution in [0.5, 0.6) is 0 Å². The minimum absolute atomic E-state index is 0.461. The Labute approximate surface area is 74.8 Å². The fourth-order valence-electron chi connectivity index (χ4n) is 1.55. The second-order valence-electron chi connectivity index (χ2n) is 3.29. The Morgan fingerprint density at radius 1 is 1.67 bits per heavy atom. The molecule has 0 aliphatic carbocycles. The summed E-state index contributed by atoms with van der Waals surface area (Å²) in [5.41, 5.74) is 6.98. The smallest absolute Gasteiger partial charge is 0.0609 e. The number of rotatable bonds is 3. The van der Waals surface area contributed by atoms with E-state index in [2.05, 4.69) is 13.0 Å². The minimum atomic E-state index is 0.461. The van der Waals surface area contributed by atoms with Gasteiger partial charge in [0, 0.05) is 0 Å². The van der Waals surface area contributed by atoms with Crippen LogP contribution >= 0.6 is 0 Å². The van der Waals surface area contributed by atoms with Crippen LogP contribution in [0.1, 0.15) is 32.6 Å². The van der Waals surface area contributed by atoms with Crippen molar-refractivity contribution in [2.75, 3.05) is 13.2 Å². The Balaban J connectivity index is 2.34. The number of nitrogens with two attached hydrogens (primary N) is 1. The van der Waals surface area contributed by atoms with Crippen molar-refractivity contribution < 1.29 is 4.74 Å². The van der Waals surface area contributed by atoms with Crippen LogP contribution in [-0.4, -0.2) is 19.3 Å². The Kier molecular flexibility index (Phi) is 4.33. The lowest BCUT2D eigenvalue weighted by Gasteiger charge is -2.23. The first-order valence-electron chi connectivity index (χ1n) is 4.86. The summed E-state index contributed by atoms with van der Waals surface area (Å²) in [5.74, 6) is 0. The van der Waals surface area contributed by atoms with Crippen molar-refractivity contribution in [2.45, 2.75) is 38.7 Å². The van der Waals surface area contributed by atoms with Gasteiger partial charge in [0.25, 0.3) is 0 Å². The van der Waals surface area contributed by atoms with E-state index < -0.39 is 0 Å². The molecule has 0 amide bonds. The second kappa shape index (κ2) is 5.33. The van der Waals surface area contributed by atoms with Crippen LogP contribution in [0.3, 0.4) is 0 Å². The quantitative estimate of drug-likeness (QED) is 0.654. The minimum Gasteiger partial charge on any atom is -0.378 e. The molecular weight excluding hydrogens is 150 g/mol. The highest BCUT2D eigenvalue weighted by atomic mass is 16.5. The van der Waals surface area contributed by atoms with Crippen molar-refractivity contribution >= 4 is 0 Å². The molecular formula is C10H19NO. The van der Waals surface area contributed by atoms with Gasteiger partial charge in [-0.1, -0.05) is 18.6 Å². The van der Waals surface area contributed by atoms with Crippen LogP contribution < -0.4 is 5.73 Å². The molecule has 1 atom stereocenters. The van der Waals surface area contributed by atoms with Crippen LogP contribution in [0.15, 0.2) is 11.6 Å². The number of hydrogen-bond acceptors (Lipinski definition) is 2. The molecule has 2 N–H and O–H groups in total. The van der Waals surface area contributed by atoms with Gasteiger partial charge in [0.15, 0.2) is 0 Å². The number of ether oxygens (including phenoxy) is 1.